The molecule has 3 N–H and O–H groups in total. The minimum Gasteiger partial charge on any atom is -0.497 e. The van der Waals surface area contributed by atoms with Crippen molar-refractivity contribution in [2.75, 3.05) is 25.5 Å². The predicted molar refractivity (Wildman–Crippen MR) is 66.3 cm³/mol. The fraction of sp³-hybridized carbons (Fsp3) is 0.273. The Kier molecular flexibility index (Phi) is 4.96. The normalized spacial score (nSPS) is 10.5. The van der Waals surface area contributed by atoms with Crippen molar-refractivity contribution in [3.8, 4) is 5.75 Å². The van der Waals surface area contributed by atoms with Crippen LogP contribution in [0.1, 0.15) is 0 Å². The third-order valence-electron chi connectivity index (χ3n) is 2.11. The lowest BCUT2D eigenvalue weighted by molar-refractivity contribution is -0.384. The number of rotatable bonds is 6. The highest BCUT2D eigenvalue weighted by Crippen LogP contribution is 2.28. The molecule has 0 aliphatic rings. The van der Waals surface area contributed by atoms with Crippen LogP contribution in [0.5, 0.6) is 5.75 Å². The first-order valence-electron chi connectivity index (χ1n) is 5.10. The van der Waals surface area contributed by atoms with Gasteiger partial charge in [-0.3, -0.25) is 10.1 Å². The van der Waals surface area contributed by atoms with Gasteiger partial charge < -0.3 is 15.8 Å². The summed E-state index contributed by atoms with van der Waals surface area (Å²) in [5, 5.41) is 13.7. The Balaban J connectivity index is 2.85. The zero-order chi connectivity index (χ0) is 12.7. The fourth-order valence-corrected chi connectivity index (χ4v) is 1.29. The summed E-state index contributed by atoms with van der Waals surface area (Å²) in [6.07, 6.45) is 3.59. The van der Waals surface area contributed by atoms with Crippen molar-refractivity contribution in [2.24, 2.45) is 5.73 Å². The maximum Gasteiger partial charge on any atom is 0.292 e. The summed E-state index contributed by atoms with van der Waals surface area (Å²) >= 11 is 0. The van der Waals surface area contributed by atoms with Crippen molar-refractivity contribution in [1.29, 1.82) is 0 Å². The molecule has 0 saturated heterocycles. The number of hydrogen-bond donors (Lipinski definition) is 2. The third kappa shape index (κ3) is 3.76. The molecule has 0 fully saturated rings. The average molecular weight is 237 g/mol. The van der Waals surface area contributed by atoms with E-state index < -0.39 is 4.92 Å². The van der Waals surface area contributed by atoms with Gasteiger partial charge in [0.25, 0.3) is 5.69 Å². The van der Waals surface area contributed by atoms with Crippen molar-refractivity contribution in [3.63, 3.8) is 0 Å². The lowest BCUT2D eigenvalue weighted by Crippen LogP contribution is -2.03. The number of nitrogens with zero attached hydrogens (tertiary/aromatic N) is 1. The van der Waals surface area contributed by atoms with E-state index in [-0.39, 0.29) is 5.69 Å². The number of methoxy groups -OCH3 is 1. The van der Waals surface area contributed by atoms with E-state index in [9.17, 15) is 10.1 Å². The van der Waals surface area contributed by atoms with Gasteiger partial charge in [0, 0.05) is 25.2 Å². The van der Waals surface area contributed by atoms with Crippen LogP contribution in [0, 0.1) is 10.1 Å². The summed E-state index contributed by atoms with van der Waals surface area (Å²) < 4.78 is 5.02. The fourth-order valence-electron chi connectivity index (χ4n) is 1.29. The molecule has 0 atom stereocenters. The Morgan fingerprint density at radius 2 is 2.29 bits per heavy atom. The number of nitrogens with one attached hydrogen (secondary N) is 1. The molecule has 1 aromatic carbocycles. The quantitative estimate of drug-likeness (QED) is 0.445. The van der Waals surface area contributed by atoms with Crippen LogP contribution >= 0.6 is 0 Å². The van der Waals surface area contributed by atoms with Gasteiger partial charge >= 0.3 is 0 Å². The van der Waals surface area contributed by atoms with Gasteiger partial charge in [-0.1, -0.05) is 12.2 Å². The van der Waals surface area contributed by atoms with Crippen molar-refractivity contribution < 1.29 is 9.66 Å². The molecular formula is C11H15N3O3. The summed E-state index contributed by atoms with van der Waals surface area (Å²) in [5.41, 5.74) is 5.74. The lowest BCUT2D eigenvalue weighted by atomic mass is 10.2. The molecule has 92 valence electrons. The van der Waals surface area contributed by atoms with Gasteiger partial charge in [-0.25, -0.2) is 0 Å². The van der Waals surface area contributed by atoms with Crippen molar-refractivity contribution in [3.05, 3.63) is 40.5 Å². The van der Waals surface area contributed by atoms with Crippen molar-refractivity contribution in [1.82, 2.24) is 0 Å². The lowest BCUT2D eigenvalue weighted by Gasteiger charge is -2.06. The second kappa shape index (κ2) is 6.49. The van der Waals surface area contributed by atoms with Crippen LogP contribution < -0.4 is 15.8 Å². The van der Waals surface area contributed by atoms with E-state index in [0.717, 1.165) is 0 Å². The Hall–Kier alpha value is -2.08. The molecule has 6 nitrogen and oxygen atoms in total. The second-order valence-corrected chi connectivity index (χ2v) is 3.23. The molecule has 0 radical (unpaired) electrons. The first kappa shape index (κ1) is 13.0. The van der Waals surface area contributed by atoms with Crippen LogP contribution in [0.2, 0.25) is 0 Å². The van der Waals surface area contributed by atoms with Gasteiger partial charge in [-0.05, 0) is 6.07 Å². The number of ether oxygens (including phenoxy) is 1. The molecule has 0 spiro atoms. The topological polar surface area (TPSA) is 90.4 Å². The molecule has 0 amide bonds. The number of nitro groups is 1. The average Bonchev–Trinajstić information content (AvgIpc) is 2.34. The summed E-state index contributed by atoms with van der Waals surface area (Å²) in [5.74, 6) is 0.570. The standard InChI is InChI=1S/C11H15N3O3/c1-17-9-4-5-11(14(15)16)10(8-9)13-7-3-2-6-12/h2-5,8,13H,6-7,12H2,1H3/b3-2+. The van der Waals surface area contributed by atoms with Crippen LogP contribution in [0.25, 0.3) is 0 Å². The molecular weight excluding hydrogens is 222 g/mol. The molecule has 17 heavy (non-hydrogen) atoms. The van der Waals surface area contributed by atoms with E-state index >= 15 is 0 Å². The van der Waals surface area contributed by atoms with E-state index in [1.54, 1.807) is 18.2 Å². The largest absolute Gasteiger partial charge is 0.497 e. The zero-order valence-corrected chi connectivity index (χ0v) is 9.55. The Labute approximate surface area is 99.2 Å². The monoisotopic (exact) mass is 237 g/mol. The highest BCUT2D eigenvalue weighted by molar-refractivity contribution is 5.64. The van der Waals surface area contributed by atoms with Gasteiger partial charge in [0.15, 0.2) is 0 Å². The van der Waals surface area contributed by atoms with E-state index in [0.29, 0.717) is 24.5 Å². The summed E-state index contributed by atoms with van der Waals surface area (Å²) in [4.78, 5) is 10.4. The molecule has 0 bridgehead atoms. The number of benzene rings is 1. The van der Waals surface area contributed by atoms with E-state index in [1.807, 2.05) is 6.08 Å². The molecule has 0 aliphatic carbocycles. The molecule has 1 rings (SSSR count). The maximum atomic E-state index is 10.8. The van der Waals surface area contributed by atoms with Gasteiger partial charge in [0.2, 0.25) is 0 Å². The summed E-state index contributed by atoms with van der Waals surface area (Å²) in [6.45, 7) is 0.924. The van der Waals surface area contributed by atoms with Gasteiger partial charge in [-0.2, -0.15) is 0 Å². The predicted octanol–water partition coefficient (Wildman–Crippen LogP) is 1.53. The first-order valence-corrected chi connectivity index (χ1v) is 5.10. The summed E-state index contributed by atoms with van der Waals surface area (Å²) in [7, 11) is 1.51. The smallest absolute Gasteiger partial charge is 0.292 e. The molecule has 6 heteroatoms. The van der Waals surface area contributed by atoms with Crippen LogP contribution in [-0.2, 0) is 0 Å². The van der Waals surface area contributed by atoms with Gasteiger partial charge in [-0.15, -0.1) is 0 Å². The van der Waals surface area contributed by atoms with Crippen LogP contribution in [0.3, 0.4) is 0 Å². The molecule has 0 heterocycles. The second-order valence-electron chi connectivity index (χ2n) is 3.23. The van der Waals surface area contributed by atoms with E-state index in [4.69, 9.17) is 10.5 Å². The highest BCUT2D eigenvalue weighted by Gasteiger charge is 2.13. The van der Waals surface area contributed by atoms with Crippen LogP contribution in [0.15, 0.2) is 30.4 Å². The highest BCUT2D eigenvalue weighted by atomic mass is 16.6. The molecule has 1 aromatic rings. The molecule has 0 aromatic heterocycles. The molecule has 0 saturated carbocycles. The maximum absolute atomic E-state index is 10.8. The minimum atomic E-state index is -0.436. The van der Waals surface area contributed by atoms with Gasteiger partial charge in [0.1, 0.15) is 11.4 Å². The number of hydrogen-bond acceptors (Lipinski definition) is 5. The summed E-state index contributed by atoms with van der Waals surface area (Å²) in [6, 6.07) is 4.56. The number of anilines is 1. The molecule has 0 unspecified atom stereocenters. The van der Waals surface area contributed by atoms with E-state index in [2.05, 4.69) is 5.32 Å². The zero-order valence-electron chi connectivity index (χ0n) is 9.55. The first-order chi connectivity index (χ1) is 8.19. The van der Waals surface area contributed by atoms with Crippen LogP contribution in [-0.4, -0.2) is 25.1 Å². The van der Waals surface area contributed by atoms with Crippen molar-refractivity contribution in [2.45, 2.75) is 0 Å². The van der Waals surface area contributed by atoms with Gasteiger partial charge in [0.05, 0.1) is 12.0 Å². The van der Waals surface area contributed by atoms with Crippen LogP contribution in [0.4, 0.5) is 11.4 Å². The number of nitro benzene ring substituents is 1. The Morgan fingerprint density at radius 3 is 2.88 bits per heavy atom. The van der Waals surface area contributed by atoms with E-state index in [1.165, 1.54) is 13.2 Å². The SMILES string of the molecule is COc1ccc([N+](=O)[O-])c(NC/C=C/CN)c1. The number of nitrogens with two attached hydrogens (primary N) is 1. The molecule has 0 aliphatic heterocycles. The Morgan fingerprint density at radius 1 is 1.53 bits per heavy atom. The minimum absolute atomic E-state index is 0.0203. The Bertz CT molecular complexity index is 418. The van der Waals surface area contributed by atoms with Crippen molar-refractivity contribution >= 4 is 11.4 Å². The third-order valence-corrected chi connectivity index (χ3v) is 2.11.